The Morgan fingerprint density at radius 1 is 1.07 bits per heavy atom. The smallest absolute Gasteiger partial charge is 0.314 e. The van der Waals surface area contributed by atoms with Gasteiger partial charge in [0.2, 0.25) is 5.91 Å². The third kappa shape index (κ3) is 4.42. The topological polar surface area (TPSA) is 90.5 Å². The van der Waals surface area contributed by atoms with Gasteiger partial charge >= 0.3 is 6.03 Å². The second-order valence-electron chi connectivity index (χ2n) is 6.94. The van der Waals surface area contributed by atoms with Gasteiger partial charge in [0.1, 0.15) is 0 Å². The van der Waals surface area contributed by atoms with Gasteiger partial charge in [0.15, 0.2) is 0 Å². The van der Waals surface area contributed by atoms with Crippen LogP contribution in [0.5, 0.6) is 0 Å². The number of carbonyl (C=O) groups is 3. The van der Waals surface area contributed by atoms with E-state index in [1.54, 1.807) is 18.9 Å². The first-order valence-corrected chi connectivity index (χ1v) is 9.62. The number of hydrogen-bond acceptors (Lipinski definition) is 3. The lowest BCUT2D eigenvalue weighted by molar-refractivity contribution is -0.115. The van der Waals surface area contributed by atoms with Gasteiger partial charge in [-0.1, -0.05) is 31.2 Å². The molecule has 1 aliphatic heterocycles. The SMILES string of the molecule is CCC(=O)Nc1cc2ccccc2cc1C(=O)N1CCC(NC(=O)NC)CC1. The molecule has 2 aromatic carbocycles. The van der Waals surface area contributed by atoms with Gasteiger partial charge in [-0.05, 0) is 35.7 Å². The summed E-state index contributed by atoms with van der Waals surface area (Å²) in [7, 11) is 1.58. The molecule has 0 aromatic heterocycles. The van der Waals surface area contributed by atoms with E-state index in [1.165, 1.54) is 0 Å². The van der Waals surface area contributed by atoms with Gasteiger partial charge in [0, 0.05) is 32.6 Å². The van der Waals surface area contributed by atoms with Gasteiger partial charge < -0.3 is 20.9 Å². The molecule has 0 atom stereocenters. The molecule has 0 radical (unpaired) electrons. The van der Waals surface area contributed by atoms with Crippen LogP contribution in [0, 0.1) is 0 Å². The van der Waals surface area contributed by atoms with E-state index in [9.17, 15) is 14.4 Å². The quantitative estimate of drug-likeness (QED) is 0.759. The number of anilines is 1. The number of rotatable bonds is 4. The maximum absolute atomic E-state index is 13.2. The number of fused-ring (bicyclic) bond motifs is 1. The Morgan fingerprint density at radius 3 is 2.32 bits per heavy atom. The van der Waals surface area contributed by atoms with Crippen molar-refractivity contribution in [2.45, 2.75) is 32.2 Å². The van der Waals surface area contributed by atoms with Crippen molar-refractivity contribution in [2.24, 2.45) is 0 Å². The summed E-state index contributed by atoms with van der Waals surface area (Å²) in [5, 5.41) is 10.2. The maximum Gasteiger partial charge on any atom is 0.314 e. The van der Waals surface area contributed by atoms with E-state index in [-0.39, 0.29) is 23.9 Å². The summed E-state index contributed by atoms with van der Waals surface area (Å²) in [5.74, 6) is -0.228. The zero-order valence-corrected chi connectivity index (χ0v) is 16.2. The predicted molar refractivity (Wildman–Crippen MR) is 109 cm³/mol. The number of benzene rings is 2. The van der Waals surface area contributed by atoms with E-state index >= 15 is 0 Å². The summed E-state index contributed by atoms with van der Waals surface area (Å²) >= 11 is 0. The molecular weight excluding hydrogens is 356 g/mol. The molecule has 3 N–H and O–H groups in total. The Bertz CT molecular complexity index is 888. The molecule has 7 heteroatoms. The predicted octanol–water partition coefficient (Wildman–Crippen LogP) is 2.72. The fraction of sp³-hybridized carbons (Fsp3) is 0.381. The van der Waals surface area contributed by atoms with E-state index in [1.807, 2.05) is 36.4 Å². The molecule has 1 heterocycles. The van der Waals surface area contributed by atoms with Crippen molar-refractivity contribution in [2.75, 3.05) is 25.5 Å². The Hall–Kier alpha value is -3.09. The highest BCUT2D eigenvalue weighted by molar-refractivity contribution is 6.07. The van der Waals surface area contributed by atoms with Crippen LogP contribution >= 0.6 is 0 Å². The molecule has 28 heavy (non-hydrogen) atoms. The van der Waals surface area contributed by atoms with Crippen LogP contribution in [0.25, 0.3) is 10.8 Å². The average Bonchev–Trinajstić information content (AvgIpc) is 2.73. The summed E-state index contributed by atoms with van der Waals surface area (Å²) < 4.78 is 0. The van der Waals surface area contributed by atoms with Crippen LogP contribution in [-0.4, -0.2) is 48.9 Å². The summed E-state index contributed by atoms with van der Waals surface area (Å²) in [4.78, 5) is 38.4. The molecule has 0 spiro atoms. The number of amides is 4. The van der Waals surface area contributed by atoms with Crippen LogP contribution in [0.15, 0.2) is 36.4 Å². The highest BCUT2D eigenvalue weighted by Gasteiger charge is 2.26. The molecule has 2 aromatic rings. The minimum atomic E-state index is -0.205. The highest BCUT2D eigenvalue weighted by Crippen LogP contribution is 2.27. The third-order valence-corrected chi connectivity index (χ3v) is 5.06. The number of carbonyl (C=O) groups excluding carboxylic acids is 3. The van der Waals surface area contributed by atoms with E-state index in [0.717, 1.165) is 10.8 Å². The summed E-state index contributed by atoms with van der Waals surface area (Å²) in [6.07, 6.45) is 1.74. The maximum atomic E-state index is 13.2. The van der Waals surface area contributed by atoms with Gasteiger partial charge in [0.25, 0.3) is 5.91 Å². The highest BCUT2D eigenvalue weighted by atomic mass is 16.2. The van der Waals surface area contributed by atoms with E-state index in [2.05, 4.69) is 16.0 Å². The number of urea groups is 1. The molecule has 0 bridgehead atoms. The Kier molecular flexibility index (Phi) is 6.13. The van der Waals surface area contributed by atoms with Crippen LogP contribution < -0.4 is 16.0 Å². The number of nitrogens with zero attached hydrogens (tertiary/aromatic N) is 1. The van der Waals surface area contributed by atoms with Crippen molar-refractivity contribution >= 4 is 34.3 Å². The average molecular weight is 382 g/mol. The summed E-state index contributed by atoms with van der Waals surface area (Å²) in [6, 6.07) is 11.3. The molecule has 0 unspecified atom stereocenters. The Labute approximate surface area is 164 Å². The lowest BCUT2D eigenvalue weighted by atomic mass is 10.0. The lowest BCUT2D eigenvalue weighted by Crippen LogP contribution is -2.48. The Balaban J connectivity index is 1.81. The first kappa shape index (κ1) is 19.7. The number of nitrogens with one attached hydrogen (secondary N) is 3. The summed E-state index contributed by atoms with van der Waals surface area (Å²) in [6.45, 7) is 2.89. The number of piperidine rings is 1. The minimum Gasteiger partial charge on any atom is -0.341 e. The van der Waals surface area contributed by atoms with E-state index in [4.69, 9.17) is 0 Å². The molecule has 1 fully saturated rings. The van der Waals surface area contributed by atoms with Crippen molar-refractivity contribution in [3.8, 4) is 0 Å². The Morgan fingerprint density at radius 2 is 1.71 bits per heavy atom. The molecule has 0 aliphatic carbocycles. The largest absolute Gasteiger partial charge is 0.341 e. The standard InChI is InChI=1S/C21H26N4O3/c1-3-19(26)24-18-13-15-7-5-4-6-14(15)12-17(18)20(27)25-10-8-16(9-11-25)23-21(28)22-2/h4-7,12-13,16H,3,8-11H2,1-2H3,(H,24,26)(H2,22,23,28). The van der Waals surface area contributed by atoms with Crippen LogP contribution in [0.1, 0.15) is 36.5 Å². The first-order valence-electron chi connectivity index (χ1n) is 9.62. The zero-order chi connectivity index (χ0) is 20.1. The van der Waals surface area contributed by atoms with E-state index < -0.39 is 0 Å². The van der Waals surface area contributed by atoms with Crippen molar-refractivity contribution < 1.29 is 14.4 Å². The van der Waals surface area contributed by atoms with Gasteiger partial charge in [-0.2, -0.15) is 0 Å². The van der Waals surface area contributed by atoms with E-state index in [0.29, 0.717) is 43.6 Å². The molecule has 3 rings (SSSR count). The molecule has 7 nitrogen and oxygen atoms in total. The van der Waals surface area contributed by atoms with Crippen molar-refractivity contribution in [1.82, 2.24) is 15.5 Å². The first-order chi connectivity index (χ1) is 13.5. The minimum absolute atomic E-state index is 0.0554. The van der Waals surface area contributed by atoms with Crippen molar-refractivity contribution in [3.63, 3.8) is 0 Å². The molecule has 148 valence electrons. The lowest BCUT2D eigenvalue weighted by Gasteiger charge is -2.32. The fourth-order valence-corrected chi connectivity index (χ4v) is 3.41. The fourth-order valence-electron chi connectivity index (χ4n) is 3.41. The van der Waals surface area contributed by atoms with Crippen LogP contribution in [0.4, 0.5) is 10.5 Å². The van der Waals surface area contributed by atoms with Crippen LogP contribution in [0.2, 0.25) is 0 Å². The molecule has 0 saturated carbocycles. The molecular formula is C21H26N4O3. The number of hydrogen-bond donors (Lipinski definition) is 3. The second-order valence-corrected chi connectivity index (χ2v) is 6.94. The second kappa shape index (κ2) is 8.73. The molecule has 1 saturated heterocycles. The zero-order valence-electron chi connectivity index (χ0n) is 16.2. The van der Waals surface area contributed by atoms with Gasteiger partial charge in [0.05, 0.1) is 11.3 Å². The third-order valence-electron chi connectivity index (χ3n) is 5.06. The normalized spacial score (nSPS) is 14.6. The van der Waals surface area contributed by atoms with Crippen LogP contribution in [-0.2, 0) is 4.79 Å². The molecule has 1 aliphatic rings. The van der Waals surface area contributed by atoms with Gasteiger partial charge in [-0.15, -0.1) is 0 Å². The number of likely N-dealkylation sites (tertiary alicyclic amines) is 1. The van der Waals surface area contributed by atoms with Gasteiger partial charge in [-0.3, -0.25) is 9.59 Å². The van der Waals surface area contributed by atoms with Crippen molar-refractivity contribution in [3.05, 3.63) is 42.0 Å². The van der Waals surface area contributed by atoms with Gasteiger partial charge in [-0.25, -0.2) is 4.79 Å². The van der Waals surface area contributed by atoms with Crippen LogP contribution in [0.3, 0.4) is 0 Å². The monoisotopic (exact) mass is 382 g/mol. The van der Waals surface area contributed by atoms with Crippen molar-refractivity contribution in [1.29, 1.82) is 0 Å². The molecule has 4 amide bonds. The summed E-state index contributed by atoms with van der Waals surface area (Å²) in [5.41, 5.74) is 1.04.